The van der Waals surface area contributed by atoms with Gasteiger partial charge >= 0.3 is 5.97 Å². The van der Waals surface area contributed by atoms with Crippen molar-refractivity contribution in [3.63, 3.8) is 0 Å². The Hall–Kier alpha value is -0.870. The van der Waals surface area contributed by atoms with Crippen molar-refractivity contribution in [2.45, 2.75) is 52.1 Å². The molecule has 0 amide bonds. The van der Waals surface area contributed by atoms with Gasteiger partial charge in [0.1, 0.15) is 0 Å². The summed E-state index contributed by atoms with van der Waals surface area (Å²) in [4.78, 5) is 11.6. The van der Waals surface area contributed by atoms with E-state index in [1.807, 2.05) is 6.92 Å². The van der Waals surface area contributed by atoms with E-state index in [1.54, 1.807) is 0 Å². The number of rotatable bonds is 6. The maximum atomic E-state index is 11.6. The summed E-state index contributed by atoms with van der Waals surface area (Å²) in [6, 6.07) is 0. The Balaban J connectivity index is 2.30. The summed E-state index contributed by atoms with van der Waals surface area (Å²) in [5.74, 6) is -0.139. The van der Waals surface area contributed by atoms with Crippen LogP contribution in [-0.4, -0.2) is 36.4 Å². The molecule has 0 aromatic carbocycles. The quantitative estimate of drug-likeness (QED) is 0.440. The van der Waals surface area contributed by atoms with E-state index in [0.29, 0.717) is 26.0 Å². The highest BCUT2D eigenvalue weighted by atomic mass is 16.5. The molecule has 1 rings (SSSR count). The van der Waals surface area contributed by atoms with Gasteiger partial charge in [-0.05, 0) is 46.5 Å². The van der Waals surface area contributed by atoms with E-state index in [0.717, 1.165) is 19.4 Å². The highest BCUT2D eigenvalue weighted by Gasteiger charge is 2.35. The number of carbonyl (C=O) groups is 1. The summed E-state index contributed by atoms with van der Waals surface area (Å²) < 4.78 is 5.03. The SMILES string of the molecule is CCOC(=O)C1CCC(O)(CNCC=C(C)C)CC1. The molecule has 1 saturated carbocycles. The maximum absolute atomic E-state index is 11.6. The Labute approximate surface area is 116 Å². The predicted molar refractivity (Wildman–Crippen MR) is 75.8 cm³/mol. The number of allylic oxidation sites excluding steroid dienone is 1. The number of ether oxygens (including phenoxy) is 1. The van der Waals surface area contributed by atoms with Crippen LogP contribution in [0.25, 0.3) is 0 Å². The lowest BCUT2D eigenvalue weighted by Crippen LogP contribution is -2.44. The number of esters is 1. The summed E-state index contributed by atoms with van der Waals surface area (Å²) in [5, 5.41) is 13.7. The average molecular weight is 269 g/mol. The van der Waals surface area contributed by atoms with E-state index in [-0.39, 0.29) is 11.9 Å². The highest BCUT2D eigenvalue weighted by molar-refractivity contribution is 5.72. The van der Waals surface area contributed by atoms with Crippen molar-refractivity contribution >= 4 is 5.97 Å². The van der Waals surface area contributed by atoms with Crippen LogP contribution in [0.2, 0.25) is 0 Å². The van der Waals surface area contributed by atoms with Crippen LogP contribution in [0, 0.1) is 5.92 Å². The van der Waals surface area contributed by atoms with Crippen LogP contribution in [-0.2, 0) is 9.53 Å². The van der Waals surface area contributed by atoms with Gasteiger partial charge in [0.05, 0.1) is 18.1 Å². The first-order valence-electron chi connectivity index (χ1n) is 7.20. The van der Waals surface area contributed by atoms with Gasteiger partial charge in [0.2, 0.25) is 0 Å². The van der Waals surface area contributed by atoms with Gasteiger partial charge in [-0.15, -0.1) is 0 Å². The molecule has 0 bridgehead atoms. The van der Waals surface area contributed by atoms with E-state index in [9.17, 15) is 9.90 Å². The molecule has 4 nitrogen and oxygen atoms in total. The van der Waals surface area contributed by atoms with Crippen LogP contribution >= 0.6 is 0 Å². The number of aliphatic hydroxyl groups is 1. The van der Waals surface area contributed by atoms with Gasteiger partial charge in [-0.3, -0.25) is 4.79 Å². The van der Waals surface area contributed by atoms with E-state index < -0.39 is 5.60 Å². The third-order valence-electron chi connectivity index (χ3n) is 3.64. The second-order valence-electron chi connectivity index (χ2n) is 5.66. The zero-order chi connectivity index (χ0) is 14.3. The van der Waals surface area contributed by atoms with E-state index >= 15 is 0 Å². The minimum atomic E-state index is -0.668. The van der Waals surface area contributed by atoms with Crippen molar-refractivity contribution in [3.05, 3.63) is 11.6 Å². The zero-order valence-electron chi connectivity index (χ0n) is 12.4. The van der Waals surface area contributed by atoms with Crippen LogP contribution in [0.3, 0.4) is 0 Å². The van der Waals surface area contributed by atoms with Crippen LogP contribution < -0.4 is 5.32 Å². The summed E-state index contributed by atoms with van der Waals surface area (Å²) in [7, 11) is 0. The Morgan fingerprint density at radius 1 is 1.42 bits per heavy atom. The first-order valence-corrected chi connectivity index (χ1v) is 7.20. The van der Waals surface area contributed by atoms with E-state index in [2.05, 4.69) is 25.2 Å². The van der Waals surface area contributed by atoms with Gasteiger partial charge < -0.3 is 15.2 Å². The fourth-order valence-electron chi connectivity index (χ4n) is 2.41. The van der Waals surface area contributed by atoms with Crippen molar-refractivity contribution in [3.8, 4) is 0 Å². The minimum absolute atomic E-state index is 0.0296. The van der Waals surface area contributed by atoms with Gasteiger partial charge in [0.25, 0.3) is 0 Å². The molecule has 0 saturated heterocycles. The summed E-state index contributed by atoms with van der Waals surface area (Å²) in [6.45, 7) is 7.74. The number of nitrogens with one attached hydrogen (secondary N) is 1. The van der Waals surface area contributed by atoms with Crippen molar-refractivity contribution < 1.29 is 14.6 Å². The lowest BCUT2D eigenvalue weighted by atomic mass is 9.79. The van der Waals surface area contributed by atoms with Crippen LogP contribution in [0.5, 0.6) is 0 Å². The molecule has 1 aliphatic carbocycles. The van der Waals surface area contributed by atoms with Crippen LogP contribution in [0.15, 0.2) is 11.6 Å². The first kappa shape index (κ1) is 16.2. The molecule has 0 spiro atoms. The van der Waals surface area contributed by atoms with Crippen molar-refractivity contribution in [1.29, 1.82) is 0 Å². The number of hydrogen-bond acceptors (Lipinski definition) is 4. The molecule has 1 aliphatic rings. The molecule has 0 radical (unpaired) electrons. The van der Waals surface area contributed by atoms with Gasteiger partial charge in [0.15, 0.2) is 0 Å². The molecule has 0 unspecified atom stereocenters. The van der Waals surface area contributed by atoms with Crippen LogP contribution in [0.4, 0.5) is 0 Å². The summed E-state index contributed by atoms with van der Waals surface area (Å²) >= 11 is 0. The minimum Gasteiger partial charge on any atom is -0.466 e. The van der Waals surface area contributed by atoms with Gasteiger partial charge in [0, 0.05) is 13.1 Å². The third kappa shape index (κ3) is 5.74. The van der Waals surface area contributed by atoms with Crippen LogP contribution in [0.1, 0.15) is 46.5 Å². The first-order chi connectivity index (χ1) is 8.97. The standard InChI is InChI=1S/C15H27NO3/c1-4-19-14(17)13-5-8-15(18,9-6-13)11-16-10-7-12(2)3/h7,13,16,18H,4-6,8-11H2,1-3H3. The smallest absolute Gasteiger partial charge is 0.308 e. The average Bonchev–Trinajstić information content (AvgIpc) is 2.36. The molecule has 0 aromatic rings. The molecule has 4 heteroatoms. The van der Waals surface area contributed by atoms with Gasteiger partial charge in [-0.25, -0.2) is 0 Å². The molecule has 1 fully saturated rings. The molecule has 0 heterocycles. The lowest BCUT2D eigenvalue weighted by molar-refractivity contribution is -0.151. The molecule has 2 N–H and O–H groups in total. The van der Waals surface area contributed by atoms with Gasteiger partial charge in [-0.2, -0.15) is 0 Å². The number of hydrogen-bond donors (Lipinski definition) is 2. The molecule has 0 atom stereocenters. The second-order valence-corrected chi connectivity index (χ2v) is 5.66. The Morgan fingerprint density at radius 2 is 2.05 bits per heavy atom. The lowest BCUT2D eigenvalue weighted by Gasteiger charge is -2.35. The second kappa shape index (κ2) is 7.65. The van der Waals surface area contributed by atoms with E-state index in [1.165, 1.54) is 5.57 Å². The predicted octanol–water partition coefficient (Wildman–Crippen LogP) is 2.03. The Kier molecular flexibility index (Phi) is 6.52. The molecule has 0 aromatic heterocycles. The van der Waals surface area contributed by atoms with Gasteiger partial charge in [-0.1, -0.05) is 11.6 Å². The Morgan fingerprint density at radius 3 is 2.58 bits per heavy atom. The fraction of sp³-hybridized carbons (Fsp3) is 0.800. The van der Waals surface area contributed by atoms with Crippen molar-refractivity contribution in [1.82, 2.24) is 5.32 Å². The molecular formula is C15H27NO3. The third-order valence-corrected chi connectivity index (χ3v) is 3.64. The maximum Gasteiger partial charge on any atom is 0.308 e. The molecule has 110 valence electrons. The van der Waals surface area contributed by atoms with Crippen molar-refractivity contribution in [2.75, 3.05) is 19.7 Å². The van der Waals surface area contributed by atoms with E-state index in [4.69, 9.17) is 4.74 Å². The Bertz CT molecular complexity index is 313. The molecule has 0 aliphatic heterocycles. The zero-order valence-corrected chi connectivity index (χ0v) is 12.4. The summed E-state index contributed by atoms with van der Waals surface area (Å²) in [5.41, 5.74) is 0.601. The fourth-order valence-corrected chi connectivity index (χ4v) is 2.41. The highest BCUT2D eigenvalue weighted by Crippen LogP contribution is 2.32. The van der Waals surface area contributed by atoms with Crippen molar-refractivity contribution in [2.24, 2.45) is 5.92 Å². The normalized spacial score (nSPS) is 26.8. The number of carbonyl (C=O) groups excluding carboxylic acids is 1. The monoisotopic (exact) mass is 269 g/mol. The molecule has 19 heavy (non-hydrogen) atoms. The summed E-state index contributed by atoms with van der Waals surface area (Å²) in [6.07, 6.45) is 4.88. The topological polar surface area (TPSA) is 58.6 Å². The largest absolute Gasteiger partial charge is 0.466 e. The molecular weight excluding hydrogens is 242 g/mol.